The van der Waals surface area contributed by atoms with Crippen molar-refractivity contribution < 1.29 is 14.3 Å². The molecule has 1 aromatic heterocycles. The van der Waals surface area contributed by atoms with Gasteiger partial charge in [-0.1, -0.05) is 13.8 Å². The number of methoxy groups -OCH3 is 1. The summed E-state index contributed by atoms with van der Waals surface area (Å²) in [6.07, 6.45) is 0.962. The summed E-state index contributed by atoms with van der Waals surface area (Å²) in [6.45, 7) is 8.63. The summed E-state index contributed by atoms with van der Waals surface area (Å²) in [7, 11) is 3.44. The Kier molecular flexibility index (Phi) is 5.87. The maximum Gasteiger partial charge on any atom is 0.317 e. The molecule has 1 unspecified atom stereocenters. The first kappa shape index (κ1) is 17.6. The molecule has 0 spiro atoms. The van der Waals surface area contributed by atoms with Gasteiger partial charge in [0.25, 0.3) is 0 Å². The lowest BCUT2D eigenvalue weighted by atomic mass is 10.1. The Balaban J connectivity index is 1.99. The van der Waals surface area contributed by atoms with Gasteiger partial charge in [-0.2, -0.15) is 5.10 Å². The molecule has 1 saturated heterocycles. The zero-order valence-corrected chi connectivity index (χ0v) is 14.8. The molecule has 0 saturated carbocycles. The maximum atomic E-state index is 12.5. The molecule has 7 heteroatoms. The van der Waals surface area contributed by atoms with Crippen LogP contribution in [0.4, 0.5) is 4.79 Å². The van der Waals surface area contributed by atoms with Crippen LogP contribution in [-0.4, -0.2) is 53.6 Å². The Hall–Kier alpha value is -1.76. The van der Waals surface area contributed by atoms with Gasteiger partial charge in [-0.25, -0.2) is 9.48 Å². The van der Waals surface area contributed by atoms with E-state index in [0.29, 0.717) is 31.5 Å². The summed E-state index contributed by atoms with van der Waals surface area (Å²) >= 11 is 0. The third kappa shape index (κ3) is 4.16. The summed E-state index contributed by atoms with van der Waals surface area (Å²) in [5, 5.41) is 7.31. The Morgan fingerprint density at radius 3 is 2.91 bits per heavy atom. The third-order valence-corrected chi connectivity index (χ3v) is 4.23. The summed E-state index contributed by atoms with van der Waals surface area (Å²) in [6, 6.07) is -0.0635. The number of nitrogens with one attached hydrogen (secondary N) is 1. The predicted molar refractivity (Wildman–Crippen MR) is 87.5 cm³/mol. The molecule has 1 aromatic rings. The Bertz CT molecular complexity index is 542. The zero-order chi connectivity index (χ0) is 17.0. The van der Waals surface area contributed by atoms with E-state index in [0.717, 1.165) is 24.2 Å². The standard InChI is InChI=1S/C16H28N4O3/c1-11(2)14-10-20(7-6-8-23-14)16(21)17-9-13-12(3)18-19(4)15(13)22-5/h11,14H,6-10H2,1-5H3,(H,17,21). The van der Waals surface area contributed by atoms with Crippen LogP contribution in [0.1, 0.15) is 31.5 Å². The van der Waals surface area contributed by atoms with E-state index in [9.17, 15) is 4.79 Å². The van der Waals surface area contributed by atoms with Gasteiger partial charge < -0.3 is 19.7 Å². The SMILES string of the molecule is COc1c(CNC(=O)N2CCCOC(C(C)C)C2)c(C)nn1C. The van der Waals surface area contributed by atoms with Crippen LogP contribution in [0, 0.1) is 12.8 Å². The minimum atomic E-state index is -0.0635. The van der Waals surface area contributed by atoms with E-state index >= 15 is 0 Å². The topological polar surface area (TPSA) is 68.6 Å². The number of rotatable bonds is 4. The first-order valence-electron chi connectivity index (χ1n) is 8.14. The lowest BCUT2D eigenvalue weighted by molar-refractivity contribution is 0.0267. The molecule has 2 amide bonds. The van der Waals surface area contributed by atoms with Gasteiger partial charge in [0.1, 0.15) is 0 Å². The van der Waals surface area contributed by atoms with Gasteiger partial charge in [0.2, 0.25) is 5.88 Å². The van der Waals surface area contributed by atoms with Crippen LogP contribution in [0.5, 0.6) is 5.88 Å². The van der Waals surface area contributed by atoms with Crippen molar-refractivity contribution >= 4 is 6.03 Å². The van der Waals surface area contributed by atoms with Gasteiger partial charge in [-0.05, 0) is 19.3 Å². The summed E-state index contributed by atoms with van der Waals surface area (Å²) in [4.78, 5) is 14.3. The number of amides is 2. The second kappa shape index (κ2) is 7.68. The first-order valence-corrected chi connectivity index (χ1v) is 8.14. The minimum Gasteiger partial charge on any atom is -0.481 e. The normalized spacial score (nSPS) is 18.9. The number of aromatic nitrogens is 2. The average molecular weight is 324 g/mol. The van der Waals surface area contributed by atoms with Crippen molar-refractivity contribution in [2.45, 2.75) is 39.8 Å². The fourth-order valence-corrected chi connectivity index (χ4v) is 2.85. The van der Waals surface area contributed by atoms with Gasteiger partial charge in [0.15, 0.2) is 0 Å². The number of ether oxygens (including phenoxy) is 2. The molecule has 1 aliphatic rings. The molecule has 2 heterocycles. The summed E-state index contributed by atoms with van der Waals surface area (Å²) < 4.78 is 12.9. The molecule has 7 nitrogen and oxygen atoms in total. The highest BCUT2D eigenvalue weighted by atomic mass is 16.5. The van der Waals surface area contributed by atoms with E-state index in [1.165, 1.54) is 0 Å². The first-order chi connectivity index (χ1) is 10.9. The highest BCUT2D eigenvalue weighted by Gasteiger charge is 2.25. The van der Waals surface area contributed by atoms with Gasteiger partial charge in [0.05, 0.1) is 31.0 Å². The van der Waals surface area contributed by atoms with E-state index in [1.807, 2.05) is 18.9 Å². The number of hydrogen-bond donors (Lipinski definition) is 1. The number of carbonyl (C=O) groups is 1. The van der Waals surface area contributed by atoms with Crippen molar-refractivity contribution in [3.63, 3.8) is 0 Å². The van der Waals surface area contributed by atoms with Crippen LogP contribution >= 0.6 is 0 Å². The Morgan fingerprint density at radius 1 is 1.52 bits per heavy atom. The number of nitrogens with zero attached hydrogens (tertiary/aromatic N) is 3. The highest BCUT2D eigenvalue weighted by molar-refractivity contribution is 5.74. The second-order valence-corrected chi connectivity index (χ2v) is 6.31. The lowest BCUT2D eigenvalue weighted by Crippen LogP contribution is -2.44. The van der Waals surface area contributed by atoms with Gasteiger partial charge in [-0.3, -0.25) is 0 Å². The van der Waals surface area contributed by atoms with Crippen LogP contribution < -0.4 is 10.1 Å². The molecule has 1 atom stereocenters. The molecular formula is C16H28N4O3. The monoisotopic (exact) mass is 324 g/mol. The Morgan fingerprint density at radius 2 is 2.26 bits per heavy atom. The maximum absolute atomic E-state index is 12.5. The fourth-order valence-electron chi connectivity index (χ4n) is 2.85. The molecular weight excluding hydrogens is 296 g/mol. The number of hydrogen-bond acceptors (Lipinski definition) is 4. The van der Waals surface area contributed by atoms with Crippen LogP contribution in [0.15, 0.2) is 0 Å². The zero-order valence-electron chi connectivity index (χ0n) is 14.8. The van der Waals surface area contributed by atoms with Crippen molar-refractivity contribution in [1.29, 1.82) is 0 Å². The molecule has 0 aromatic carbocycles. The van der Waals surface area contributed by atoms with Gasteiger partial charge >= 0.3 is 6.03 Å². The van der Waals surface area contributed by atoms with E-state index in [2.05, 4.69) is 24.3 Å². The largest absolute Gasteiger partial charge is 0.481 e. The van der Waals surface area contributed by atoms with Crippen LogP contribution in [0.25, 0.3) is 0 Å². The van der Waals surface area contributed by atoms with Crippen molar-refractivity contribution in [2.24, 2.45) is 13.0 Å². The van der Waals surface area contributed by atoms with Gasteiger partial charge in [-0.15, -0.1) is 0 Å². The van der Waals surface area contributed by atoms with E-state index in [1.54, 1.807) is 11.8 Å². The number of aryl methyl sites for hydroxylation is 2. The third-order valence-electron chi connectivity index (χ3n) is 4.23. The van der Waals surface area contributed by atoms with Gasteiger partial charge in [0, 0.05) is 26.7 Å². The molecule has 1 N–H and O–H groups in total. The van der Waals surface area contributed by atoms with Crippen LogP contribution in [-0.2, 0) is 18.3 Å². The molecule has 0 aliphatic carbocycles. The van der Waals surface area contributed by atoms with Crippen LogP contribution in [0.2, 0.25) is 0 Å². The molecule has 23 heavy (non-hydrogen) atoms. The van der Waals surface area contributed by atoms with Crippen molar-refractivity contribution in [2.75, 3.05) is 26.8 Å². The van der Waals surface area contributed by atoms with E-state index in [-0.39, 0.29) is 12.1 Å². The molecule has 2 rings (SSSR count). The second-order valence-electron chi connectivity index (χ2n) is 6.31. The highest BCUT2D eigenvalue weighted by Crippen LogP contribution is 2.20. The predicted octanol–water partition coefficient (Wildman–Crippen LogP) is 1.69. The molecule has 0 bridgehead atoms. The van der Waals surface area contributed by atoms with Crippen molar-refractivity contribution in [3.8, 4) is 5.88 Å². The molecule has 130 valence electrons. The lowest BCUT2D eigenvalue weighted by Gasteiger charge is -2.26. The fraction of sp³-hybridized carbons (Fsp3) is 0.750. The van der Waals surface area contributed by atoms with Crippen molar-refractivity contribution in [1.82, 2.24) is 20.0 Å². The van der Waals surface area contributed by atoms with E-state index in [4.69, 9.17) is 9.47 Å². The molecule has 1 aliphatic heterocycles. The van der Waals surface area contributed by atoms with Crippen LogP contribution in [0.3, 0.4) is 0 Å². The quantitative estimate of drug-likeness (QED) is 0.915. The number of urea groups is 1. The molecule has 1 fully saturated rings. The molecule has 0 radical (unpaired) electrons. The smallest absolute Gasteiger partial charge is 0.317 e. The van der Waals surface area contributed by atoms with E-state index < -0.39 is 0 Å². The summed E-state index contributed by atoms with van der Waals surface area (Å²) in [5.41, 5.74) is 1.78. The summed E-state index contributed by atoms with van der Waals surface area (Å²) in [5.74, 6) is 1.08. The Labute approximate surface area is 137 Å². The number of carbonyl (C=O) groups excluding carboxylic acids is 1. The minimum absolute atomic E-state index is 0.0635. The van der Waals surface area contributed by atoms with Crippen molar-refractivity contribution in [3.05, 3.63) is 11.3 Å². The average Bonchev–Trinajstić information content (AvgIpc) is 2.70.